The maximum atomic E-state index is 12.1. The molecule has 0 saturated carbocycles. The minimum Gasteiger partial charge on any atom is -0.493 e. The number of carbonyl (C=O) groups is 2. The quantitative estimate of drug-likeness (QED) is 0.693. The van der Waals surface area contributed by atoms with Crippen LogP contribution < -0.4 is 20.3 Å². The molecule has 8 nitrogen and oxygen atoms in total. The number of carbonyl (C=O) groups excluding carboxylic acids is 2. The van der Waals surface area contributed by atoms with Gasteiger partial charge in [-0.05, 0) is 30.2 Å². The van der Waals surface area contributed by atoms with Crippen molar-refractivity contribution >= 4 is 11.9 Å². The van der Waals surface area contributed by atoms with Crippen molar-refractivity contribution < 1.29 is 23.8 Å². The number of aromatic nitrogens is 1. The number of pyridine rings is 1. The number of methoxy groups -OCH3 is 3. The molecule has 0 aliphatic carbocycles. The van der Waals surface area contributed by atoms with Gasteiger partial charge in [0.15, 0.2) is 11.5 Å². The van der Waals surface area contributed by atoms with Crippen LogP contribution in [0, 0.1) is 0 Å². The Hall–Kier alpha value is -3.29. The minimum absolute atomic E-state index is 0.185. The van der Waals surface area contributed by atoms with E-state index in [0.717, 1.165) is 10.1 Å². The number of nitrogens with one attached hydrogen (secondary N) is 1. The van der Waals surface area contributed by atoms with E-state index in [-0.39, 0.29) is 23.6 Å². The molecule has 0 saturated heterocycles. The van der Waals surface area contributed by atoms with Crippen LogP contribution >= 0.6 is 0 Å². The van der Waals surface area contributed by atoms with Gasteiger partial charge in [-0.1, -0.05) is 6.07 Å². The molecule has 1 N–H and O–H groups in total. The summed E-state index contributed by atoms with van der Waals surface area (Å²) >= 11 is 0. The highest BCUT2D eigenvalue weighted by Gasteiger charge is 2.10. The summed E-state index contributed by atoms with van der Waals surface area (Å²) in [5.74, 6) is 0.347. The predicted octanol–water partition coefficient (Wildman–Crippen LogP) is 1.01. The van der Waals surface area contributed by atoms with Crippen molar-refractivity contribution in [3.63, 3.8) is 0 Å². The van der Waals surface area contributed by atoms with Crippen LogP contribution in [-0.2, 0) is 22.5 Å². The average Bonchev–Trinajstić information content (AvgIpc) is 2.68. The standard InChI is InChI=1S/C19H22N2O6/c1-25-15-6-4-13(10-16(15)26-2)8-9-20-17(22)12-21-11-14(19(24)27-3)5-7-18(21)23/h4-7,10-11H,8-9,12H2,1-3H3,(H,20,22). The molecule has 2 rings (SSSR count). The Kier molecular flexibility index (Phi) is 6.99. The zero-order valence-corrected chi connectivity index (χ0v) is 15.5. The first-order chi connectivity index (χ1) is 13.0. The van der Waals surface area contributed by atoms with E-state index in [4.69, 9.17) is 9.47 Å². The number of amides is 1. The molecular formula is C19H22N2O6. The van der Waals surface area contributed by atoms with Crippen molar-refractivity contribution in [2.75, 3.05) is 27.9 Å². The van der Waals surface area contributed by atoms with E-state index in [2.05, 4.69) is 10.1 Å². The Balaban J connectivity index is 1.93. The molecule has 0 atom stereocenters. The number of rotatable bonds is 8. The lowest BCUT2D eigenvalue weighted by molar-refractivity contribution is -0.121. The van der Waals surface area contributed by atoms with Crippen LogP contribution in [0.5, 0.6) is 11.5 Å². The minimum atomic E-state index is -0.572. The number of benzene rings is 1. The largest absolute Gasteiger partial charge is 0.493 e. The first-order valence-corrected chi connectivity index (χ1v) is 8.25. The SMILES string of the molecule is COC(=O)c1ccc(=O)n(CC(=O)NCCc2ccc(OC)c(OC)c2)c1. The van der Waals surface area contributed by atoms with Crippen LogP contribution in [0.1, 0.15) is 15.9 Å². The van der Waals surface area contributed by atoms with Crippen LogP contribution in [0.2, 0.25) is 0 Å². The third kappa shape index (κ3) is 5.34. The lowest BCUT2D eigenvalue weighted by Crippen LogP contribution is -2.33. The predicted molar refractivity (Wildman–Crippen MR) is 98.3 cm³/mol. The molecule has 8 heteroatoms. The molecule has 1 heterocycles. The number of ether oxygens (including phenoxy) is 3. The summed E-state index contributed by atoms with van der Waals surface area (Å²) in [6, 6.07) is 8.11. The Morgan fingerprint density at radius 3 is 2.44 bits per heavy atom. The molecule has 27 heavy (non-hydrogen) atoms. The van der Waals surface area contributed by atoms with Gasteiger partial charge < -0.3 is 24.1 Å². The second-order valence-corrected chi connectivity index (χ2v) is 5.66. The first-order valence-electron chi connectivity index (χ1n) is 8.25. The van der Waals surface area contributed by atoms with Crippen LogP contribution in [-0.4, -0.2) is 44.3 Å². The Labute approximate surface area is 156 Å². The number of hydrogen-bond acceptors (Lipinski definition) is 6. The van der Waals surface area contributed by atoms with Crippen LogP contribution in [0.3, 0.4) is 0 Å². The normalized spacial score (nSPS) is 10.2. The smallest absolute Gasteiger partial charge is 0.339 e. The maximum absolute atomic E-state index is 12.1. The summed E-state index contributed by atoms with van der Waals surface area (Å²) in [4.78, 5) is 35.5. The number of esters is 1. The summed E-state index contributed by atoms with van der Waals surface area (Å²) in [5.41, 5.74) is 0.797. The second-order valence-electron chi connectivity index (χ2n) is 5.66. The van der Waals surface area contributed by atoms with Crippen molar-refractivity contribution in [1.82, 2.24) is 9.88 Å². The van der Waals surface area contributed by atoms with E-state index in [1.165, 1.54) is 25.4 Å². The van der Waals surface area contributed by atoms with Gasteiger partial charge >= 0.3 is 5.97 Å². The van der Waals surface area contributed by atoms with E-state index in [1.54, 1.807) is 20.3 Å². The molecule has 144 valence electrons. The Morgan fingerprint density at radius 2 is 1.78 bits per heavy atom. The third-order valence-corrected chi connectivity index (χ3v) is 3.90. The van der Waals surface area contributed by atoms with Gasteiger partial charge in [-0.15, -0.1) is 0 Å². The van der Waals surface area contributed by atoms with E-state index in [0.29, 0.717) is 24.5 Å². The van der Waals surface area contributed by atoms with Gasteiger partial charge in [0.2, 0.25) is 5.91 Å². The van der Waals surface area contributed by atoms with Crippen molar-refractivity contribution in [2.24, 2.45) is 0 Å². The molecule has 0 unspecified atom stereocenters. The summed E-state index contributed by atoms with van der Waals surface area (Å²) < 4.78 is 16.2. The van der Waals surface area contributed by atoms with Gasteiger partial charge in [-0.3, -0.25) is 9.59 Å². The molecule has 2 aromatic rings. The zero-order valence-electron chi connectivity index (χ0n) is 15.5. The molecule has 0 fully saturated rings. The Bertz CT molecular complexity index is 875. The van der Waals surface area contributed by atoms with E-state index in [1.807, 2.05) is 12.1 Å². The van der Waals surface area contributed by atoms with E-state index < -0.39 is 5.97 Å². The maximum Gasteiger partial charge on any atom is 0.339 e. The van der Waals surface area contributed by atoms with Crippen LogP contribution in [0.15, 0.2) is 41.3 Å². The van der Waals surface area contributed by atoms with Crippen molar-refractivity contribution in [3.05, 3.63) is 58.0 Å². The summed E-state index contributed by atoms with van der Waals surface area (Å²) in [7, 11) is 4.37. The highest BCUT2D eigenvalue weighted by atomic mass is 16.5. The molecule has 0 aliphatic rings. The van der Waals surface area contributed by atoms with Gasteiger partial charge in [0, 0.05) is 18.8 Å². The van der Waals surface area contributed by atoms with E-state index in [9.17, 15) is 14.4 Å². The summed E-state index contributed by atoms with van der Waals surface area (Å²) in [6.07, 6.45) is 1.89. The molecule has 1 aromatic carbocycles. The van der Waals surface area contributed by atoms with Gasteiger partial charge in [-0.2, -0.15) is 0 Å². The summed E-state index contributed by atoms with van der Waals surface area (Å²) in [5, 5.41) is 2.75. The lowest BCUT2D eigenvalue weighted by atomic mass is 10.1. The zero-order chi connectivity index (χ0) is 19.8. The molecule has 0 radical (unpaired) electrons. The first kappa shape index (κ1) is 20.0. The number of hydrogen-bond donors (Lipinski definition) is 1. The number of nitrogens with zero attached hydrogens (tertiary/aromatic N) is 1. The van der Waals surface area contributed by atoms with Crippen LogP contribution in [0.25, 0.3) is 0 Å². The third-order valence-electron chi connectivity index (χ3n) is 3.90. The molecule has 0 bridgehead atoms. The monoisotopic (exact) mass is 374 g/mol. The Morgan fingerprint density at radius 1 is 1.04 bits per heavy atom. The fourth-order valence-corrected chi connectivity index (χ4v) is 2.49. The topological polar surface area (TPSA) is 95.9 Å². The molecule has 0 spiro atoms. The van der Waals surface area contributed by atoms with Gasteiger partial charge in [0.25, 0.3) is 5.56 Å². The highest BCUT2D eigenvalue weighted by Crippen LogP contribution is 2.27. The second kappa shape index (κ2) is 9.42. The van der Waals surface area contributed by atoms with E-state index >= 15 is 0 Å². The van der Waals surface area contributed by atoms with Crippen molar-refractivity contribution in [1.29, 1.82) is 0 Å². The fourth-order valence-electron chi connectivity index (χ4n) is 2.49. The van der Waals surface area contributed by atoms with Gasteiger partial charge in [0.05, 0.1) is 26.9 Å². The fraction of sp³-hybridized carbons (Fsp3) is 0.316. The van der Waals surface area contributed by atoms with Gasteiger partial charge in [-0.25, -0.2) is 4.79 Å². The summed E-state index contributed by atoms with van der Waals surface area (Å²) in [6.45, 7) is 0.204. The van der Waals surface area contributed by atoms with Gasteiger partial charge in [0.1, 0.15) is 6.54 Å². The molecular weight excluding hydrogens is 352 g/mol. The van der Waals surface area contributed by atoms with Crippen molar-refractivity contribution in [3.8, 4) is 11.5 Å². The lowest BCUT2D eigenvalue weighted by Gasteiger charge is -2.11. The van der Waals surface area contributed by atoms with Crippen LogP contribution in [0.4, 0.5) is 0 Å². The molecule has 1 aromatic heterocycles. The highest BCUT2D eigenvalue weighted by molar-refractivity contribution is 5.89. The molecule has 0 aliphatic heterocycles. The molecule has 1 amide bonds. The average molecular weight is 374 g/mol. The van der Waals surface area contributed by atoms with Crippen molar-refractivity contribution in [2.45, 2.75) is 13.0 Å².